The quantitative estimate of drug-likeness (QED) is 0.842. The molecule has 0 aliphatic rings. The van der Waals surface area contributed by atoms with Crippen molar-refractivity contribution in [2.45, 2.75) is 4.83 Å². The molecule has 0 aromatic heterocycles. The Morgan fingerprint density at radius 1 is 1.10 bits per heavy atom. The molecule has 1 atom stereocenters. The number of hydrogen-bond donors (Lipinski definition) is 1. The average molecular weight is 340 g/mol. The molecule has 0 aliphatic carbocycles. The summed E-state index contributed by atoms with van der Waals surface area (Å²) >= 11 is 3.44. The normalized spacial score (nSPS) is 11.9. The molecule has 5 heteroatoms. The summed E-state index contributed by atoms with van der Waals surface area (Å²) in [5.74, 6) is -2.80. The van der Waals surface area contributed by atoms with Crippen LogP contribution in [-0.4, -0.2) is 12.5 Å². The van der Waals surface area contributed by atoms with Gasteiger partial charge in [-0.15, -0.1) is 0 Å². The Balaban J connectivity index is 2.01. The van der Waals surface area contributed by atoms with Crippen LogP contribution in [0, 0.1) is 11.6 Å². The molecule has 2 aromatic rings. The largest absolute Gasteiger partial charge is 0.350 e. The van der Waals surface area contributed by atoms with E-state index in [1.807, 2.05) is 30.3 Å². The molecule has 1 unspecified atom stereocenters. The van der Waals surface area contributed by atoms with Gasteiger partial charge in [0.25, 0.3) is 5.91 Å². The Labute approximate surface area is 123 Å². The van der Waals surface area contributed by atoms with E-state index in [4.69, 9.17) is 0 Å². The standard InChI is InChI=1S/C15H12BrF2NO/c16-12(10-5-2-1-3-6-10)9-19-15(20)11-7-4-8-13(17)14(11)18/h1-8,12H,9H2,(H,19,20). The summed E-state index contributed by atoms with van der Waals surface area (Å²) in [5.41, 5.74) is 0.699. The van der Waals surface area contributed by atoms with E-state index >= 15 is 0 Å². The first-order valence-electron chi connectivity index (χ1n) is 6.01. The van der Waals surface area contributed by atoms with Gasteiger partial charge in [-0.1, -0.05) is 52.3 Å². The van der Waals surface area contributed by atoms with Crippen LogP contribution < -0.4 is 5.32 Å². The van der Waals surface area contributed by atoms with Gasteiger partial charge in [0.05, 0.1) is 10.4 Å². The molecule has 1 amide bonds. The first-order valence-corrected chi connectivity index (χ1v) is 6.92. The molecule has 104 valence electrons. The van der Waals surface area contributed by atoms with E-state index in [0.29, 0.717) is 0 Å². The Morgan fingerprint density at radius 2 is 1.80 bits per heavy atom. The van der Waals surface area contributed by atoms with E-state index in [2.05, 4.69) is 21.2 Å². The molecule has 1 N–H and O–H groups in total. The van der Waals surface area contributed by atoms with E-state index in [1.54, 1.807) is 0 Å². The van der Waals surface area contributed by atoms with Crippen LogP contribution >= 0.6 is 15.9 Å². The van der Waals surface area contributed by atoms with Crippen molar-refractivity contribution in [3.63, 3.8) is 0 Å². The van der Waals surface area contributed by atoms with Crippen LogP contribution in [0.2, 0.25) is 0 Å². The third kappa shape index (κ3) is 3.42. The maximum atomic E-state index is 13.5. The van der Waals surface area contributed by atoms with Gasteiger partial charge in [-0.05, 0) is 17.7 Å². The number of amides is 1. The SMILES string of the molecule is O=C(NCC(Br)c1ccccc1)c1cccc(F)c1F. The second-order valence-corrected chi connectivity index (χ2v) is 5.29. The van der Waals surface area contributed by atoms with Gasteiger partial charge in [0, 0.05) is 6.54 Å². The Kier molecular flexibility index (Phi) is 4.84. The van der Waals surface area contributed by atoms with E-state index < -0.39 is 17.5 Å². The molecule has 0 radical (unpaired) electrons. The van der Waals surface area contributed by atoms with Crippen LogP contribution in [0.4, 0.5) is 8.78 Å². The van der Waals surface area contributed by atoms with Gasteiger partial charge >= 0.3 is 0 Å². The molecule has 2 nitrogen and oxygen atoms in total. The summed E-state index contributed by atoms with van der Waals surface area (Å²) in [6.07, 6.45) is 0. The van der Waals surface area contributed by atoms with E-state index in [-0.39, 0.29) is 16.9 Å². The molecule has 0 heterocycles. The number of benzene rings is 2. The zero-order chi connectivity index (χ0) is 14.5. The fourth-order valence-corrected chi connectivity index (χ4v) is 2.20. The minimum Gasteiger partial charge on any atom is -0.350 e. The van der Waals surface area contributed by atoms with Gasteiger partial charge in [-0.25, -0.2) is 8.78 Å². The van der Waals surface area contributed by atoms with Crippen LogP contribution in [0.3, 0.4) is 0 Å². The highest BCUT2D eigenvalue weighted by Gasteiger charge is 2.16. The Bertz CT molecular complexity index is 604. The summed E-state index contributed by atoms with van der Waals surface area (Å²) < 4.78 is 26.5. The summed E-state index contributed by atoms with van der Waals surface area (Å²) in [5, 5.41) is 2.57. The lowest BCUT2D eigenvalue weighted by Gasteiger charge is -2.12. The van der Waals surface area contributed by atoms with Crippen molar-refractivity contribution in [3.8, 4) is 0 Å². The molecule has 0 fully saturated rings. The fourth-order valence-electron chi connectivity index (χ4n) is 1.74. The Morgan fingerprint density at radius 3 is 2.50 bits per heavy atom. The van der Waals surface area contributed by atoms with E-state index in [1.165, 1.54) is 12.1 Å². The molecule has 0 saturated heterocycles. The van der Waals surface area contributed by atoms with Gasteiger partial charge in [0.2, 0.25) is 0 Å². The molecule has 0 aliphatic heterocycles. The van der Waals surface area contributed by atoms with Crippen molar-refractivity contribution in [2.75, 3.05) is 6.54 Å². The van der Waals surface area contributed by atoms with Crippen LogP contribution in [0.25, 0.3) is 0 Å². The zero-order valence-corrected chi connectivity index (χ0v) is 12.0. The average Bonchev–Trinajstić information content (AvgIpc) is 2.48. The number of alkyl halides is 1. The molecular weight excluding hydrogens is 328 g/mol. The number of carbonyl (C=O) groups excluding carboxylic acids is 1. The van der Waals surface area contributed by atoms with Crippen LogP contribution in [0.5, 0.6) is 0 Å². The van der Waals surface area contributed by atoms with Gasteiger partial charge in [0.15, 0.2) is 11.6 Å². The fraction of sp³-hybridized carbons (Fsp3) is 0.133. The maximum Gasteiger partial charge on any atom is 0.254 e. The molecule has 2 aromatic carbocycles. The van der Waals surface area contributed by atoms with Gasteiger partial charge in [0.1, 0.15) is 0 Å². The lowest BCUT2D eigenvalue weighted by atomic mass is 10.1. The Hall–Kier alpha value is -1.75. The smallest absolute Gasteiger partial charge is 0.254 e. The molecule has 20 heavy (non-hydrogen) atoms. The monoisotopic (exact) mass is 339 g/mol. The summed E-state index contributed by atoms with van der Waals surface area (Å²) in [7, 11) is 0. The van der Waals surface area contributed by atoms with E-state index in [9.17, 15) is 13.6 Å². The molecule has 0 spiro atoms. The van der Waals surface area contributed by atoms with E-state index in [0.717, 1.165) is 11.6 Å². The molecule has 0 bridgehead atoms. The van der Waals surface area contributed by atoms with Crippen LogP contribution in [-0.2, 0) is 0 Å². The second kappa shape index (κ2) is 6.61. The lowest BCUT2D eigenvalue weighted by Crippen LogP contribution is -2.27. The maximum absolute atomic E-state index is 13.5. The summed E-state index contributed by atoms with van der Waals surface area (Å²) in [4.78, 5) is 11.7. The summed E-state index contributed by atoms with van der Waals surface area (Å²) in [6, 6.07) is 13.0. The first kappa shape index (κ1) is 14.7. The number of carbonyl (C=O) groups is 1. The highest BCUT2D eigenvalue weighted by atomic mass is 79.9. The van der Waals surface area contributed by atoms with Crippen molar-refractivity contribution >= 4 is 21.8 Å². The van der Waals surface area contributed by atoms with Gasteiger partial charge < -0.3 is 5.32 Å². The van der Waals surface area contributed by atoms with Crippen LogP contribution in [0.1, 0.15) is 20.7 Å². The first-order chi connectivity index (χ1) is 9.59. The number of nitrogens with one attached hydrogen (secondary N) is 1. The third-order valence-electron chi connectivity index (χ3n) is 2.80. The van der Waals surface area contributed by atoms with Gasteiger partial charge in [-0.3, -0.25) is 4.79 Å². The van der Waals surface area contributed by atoms with Crippen molar-refractivity contribution in [1.29, 1.82) is 0 Å². The molecular formula is C15H12BrF2NO. The summed E-state index contributed by atoms with van der Waals surface area (Å²) in [6.45, 7) is 0.277. The van der Waals surface area contributed by atoms with Crippen LogP contribution in [0.15, 0.2) is 48.5 Å². The lowest BCUT2D eigenvalue weighted by molar-refractivity contribution is 0.0949. The highest BCUT2D eigenvalue weighted by molar-refractivity contribution is 9.09. The van der Waals surface area contributed by atoms with Crippen molar-refractivity contribution in [2.24, 2.45) is 0 Å². The number of halogens is 3. The topological polar surface area (TPSA) is 29.1 Å². The minimum absolute atomic E-state index is 0.0933. The minimum atomic E-state index is -1.13. The highest BCUT2D eigenvalue weighted by Crippen LogP contribution is 2.21. The predicted octanol–water partition coefficient (Wildman–Crippen LogP) is 3.83. The van der Waals surface area contributed by atoms with Gasteiger partial charge in [-0.2, -0.15) is 0 Å². The third-order valence-corrected chi connectivity index (χ3v) is 3.65. The molecule has 0 saturated carbocycles. The molecule has 2 rings (SSSR count). The second-order valence-electron chi connectivity index (χ2n) is 4.19. The number of hydrogen-bond acceptors (Lipinski definition) is 1. The van der Waals surface area contributed by atoms with Crippen molar-refractivity contribution in [1.82, 2.24) is 5.32 Å². The number of rotatable bonds is 4. The predicted molar refractivity (Wildman–Crippen MR) is 76.8 cm³/mol. The zero-order valence-electron chi connectivity index (χ0n) is 10.4. The van der Waals surface area contributed by atoms with Crippen molar-refractivity contribution in [3.05, 3.63) is 71.3 Å². The van der Waals surface area contributed by atoms with Crippen molar-refractivity contribution < 1.29 is 13.6 Å².